The number of benzene rings is 2. The quantitative estimate of drug-likeness (QED) is 0.736. The molecule has 0 heterocycles. The fourth-order valence-electron chi connectivity index (χ4n) is 4.08. The van der Waals surface area contributed by atoms with E-state index in [4.69, 9.17) is 5.73 Å². The minimum absolute atomic E-state index is 0.0979. The van der Waals surface area contributed by atoms with Crippen LogP contribution in [-0.4, -0.2) is 29.9 Å². The minimum Gasteiger partial charge on any atom is -0.351 e. The van der Waals surface area contributed by atoms with Crippen LogP contribution in [-0.2, 0) is 24.3 Å². The molecule has 28 heavy (non-hydrogen) atoms. The largest absolute Gasteiger partial charge is 0.351 e. The van der Waals surface area contributed by atoms with E-state index in [0.29, 0.717) is 19.0 Å². The normalized spacial score (nSPS) is 16.1. The number of hydrogen-bond donors (Lipinski definition) is 2. The molecular formula is C24H33N3O. The zero-order valence-corrected chi connectivity index (χ0v) is 16.9. The van der Waals surface area contributed by atoms with Crippen LogP contribution in [0, 0.1) is 0 Å². The predicted octanol–water partition coefficient (Wildman–Crippen LogP) is 3.64. The lowest BCUT2D eigenvalue weighted by Gasteiger charge is -2.31. The maximum Gasteiger partial charge on any atom is 0.237 e. The standard InChI is InChI=1S/C24H33N3O/c1-27(22-14-6-3-7-15-22)18-21-13-9-8-12-20(21)17-26-24(28)23(25)16-19-10-4-2-5-11-19/h2,4-5,8-13,22-23H,3,6-7,14-18,25H2,1H3,(H,26,28). The average Bonchev–Trinajstić information content (AvgIpc) is 2.74. The Balaban J connectivity index is 1.54. The first kappa shape index (κ1) is 20.6. The van der Waals surface area contributed by atoms with Crippen molar-refractivity contribution < 1.29 is 4.79 Å². The van der Waals surface area contributed by atoms with Crippen LogP contribution < -0.4 is 11.1 Å². The van der Waals surface area contributed by atoms with Crippen LogP contribution in [0.5, 0.6) is 0 Å². The number of amides is 1. The van der Waals surface area contributed by atoms with Gasteiger partial charge in [-0.1, -0.05) is 73.9 Å². The fraction of sp³-hybridized carbons (Fsp3) is 0.458. The third-order valence-electron chi connectivity index (χ3n) is 5.82. The summed E-state index contributed by atoms with van der Waals surface area (Å²) in [6.07, 6.45) is 7.19. The number of carbonyl (C=O) groups is 1. The van der Waals surface area contributed by atoms with Gasteiger partial charge < -0.3 is 11.1 Å². The van der Waals surface area contributed by atoms with Gasteiger partial charge >= 0.3 is 0 Å². The SMILES string of the molecule is CN(Cc1ccccc1CNC(=O)C(N)Cc1ccccc1)C1CCCCC1. The molecule has 4 nitrogen and oxygen atoms in total. The molecule has 4 heteroatoms. The molecule has 0 radical (unpaired) electrons. The van der Waals surface area contributed by atoms with Gasteiger partial charge in [0, 0.05) is 19.1 Å². The third-order valence-corrected chi connectivity index (χ3v) is 5.82. The molecule has 0 spiro atoms. The second-order valence-electron chi connectivity index (χ2n) is 7.99. The number of hydrogen-bond acceptors (Lipinski definition) is 3. The molecule has 1 atom stereocenters. The highest BCUT2D eigenvalue weighted by molar-refractivity contribution is 5.81. The second kappa shape index (κ2) is 10.4. The Morgan fingerprint density at radius 1 is 1.04 bits per heavy atom. The highest BCUT2D eigenvalue weighted by atomic mass is 16.2. The van der Waals surface area contributed by atoms with E-state index < -0.39 is 6.04 Å². The summed E-state index contributed by atoms with van der Waals surface area (Å²) in [5.41, 5.74) is 9.65. The molecular weight excluding hydrogens is 346 g/mol. The molecule has 1 fully saturated rings. The molecule has 1 unspecified atom stereocenters. The van der Waals surface area contributed by atoms with Crippen molar-refractivity contribution in [2.24, 2.45) is 5.73 Å². The van der Waals surface area contributed by atoms with Gasteiger partial charge in [0.2, 0.25) is 5.91 Å². The lowest BCUT2D eigenvalue weighted by atomic mass is 9.94. The van der Waals surface area contributed by atoms with Crippen LogP contribution in [0.25, 0.3) is 0 Å². The summed E-state index contributed by atoms with van der Waals surface area (Å²) < 4.78 is 0. The Bertz CT molecular complexity index is 741. The van der Waals surface area contributed by atoms with Crippen LogP contribution in [0.15, 0.2) is 54.6 Å². The number of nitrogens with one attached hydrogen (secondary N) is 1. The Hall–Kier alpha value is -2.17. The number of nitrogens with two attached hydrogens (primary N) is 1. The van der Waals surface area contributed by atoms with Gasteiger partial charge in [0.05, 0.1) is 6.04 Å². The highest BCUT2D eigenvalue weighted by Gasteiger charge is 2.19. The molecule has 1 saturated carbocycles. The van der Waals surface area contributed by atoms with Crippen molar-refractivity contribution in [3.05, 3.63) is 71.3 Å². The minimum atomic E-state index is -0.528. The van der Waals surface area contributed by atoms with Crippen LogP contribution >= 0.6 is 0 Å². The Morgan fingerprint density at radius 3 is 2.39 bits per heavy atom. The monoisotopic (exact) mass is 379 g/mol. The van der Waals surface area contributed by atoms with E-state index >= 15 is 0 Å². The molecule has 3 rings (SSSR count). The molecule has 1 aliphatic rings. The van der Waals surface area contributed by atoms with Crippen molar-refractivity contribution in [1.29, 1.82) is 0 Å². The van der Waals surface area contributed by atoms with E-state index in [2.05, 4.69) is 35.5 Å². The molecule has 150 valence electrons. The maximum absolute atomic E-state index is 12.5. The van der Waals surface area contributed by atoms with Crippen molar-refractivity contribution in [2.75, 3.05) is 7.05 Å². The molecule has 3 N–H and O–H groups in total. The highest BCUT2D eigenvalue weighted by Crippen LogP contribution is 2.23. The van der Waals surface area contributed by atoms with E-state index in [1.165, 1.54) is 43.2 Å². The number of nitrogens with zero attached hydrogens (tertiary/aromatic N) is 1. The van der Waals surface area contributed by atoms with E-state index in [1.807, 2.05) is 36.4 Å². The smallest absolute Gasteiger partial charge is 0.237 e. The van der Waals surface area contributed by atoms with Crippen LogP contribution in [0.2, 0.25) is 0 Å². The van der Waals surface area contributed by atoms with Crippen molar-refractivity contribution in [3.8, 4) is 0 Å². The fourth-order valence-corrected chi connectivity index (χ4v) is 4.08. The Morgan fingerprint density at radius 2 is 1.68 bits per heavy atom. The first-order valence-corrected chi connectivity index (χ1v) is 10.5. The molecule has 0 aliphatic heterocycles. The van der Waals surface area contributed by atoms with Gasteiger partial charge in [-0.15, -0.1) is 0 Å². The summed E-state index contributed by atoms with van der Waals surface area (Å²) in [6, 6.07) is 18.5. The molecule has 0 bridgehead atoms. The van der Waals surface area contributed by atoms with Gasteiger partial charge in [0.1, 0.15) is 0 Å². The molecule has 0 saturated heterocycles. The molecule has 1 aliphatic carbocycles. The molecule has 1 amide bonds. The van der Waals surface area contributed by atoms with Gasteiger partial charge in [-0.3, -0.25) is 9.69 Å². The van der Waals surface area contributed by atoms with Gasteiger partial charge in [-0.05, 0) is 43.0 Å². The maximum atomic E-state index is 12.5. The molecule has 2 aromatic rings. The summed E-state index contributed by atoms with van der Waals surface area (Å²) in [5.74, 6) is -0.0979. The lowest BCUT2D eigenvalue weighted by molar-refractivity contribution is -0.122. The van der Waals surface area contributed by atoms with Crippen LogP contribution in [0.3, 0.4) is 0 Å². The van der Waals surface area contributed by atoms with Gasteiger partial charge in [-0.25, -0.2) is 0 Å². The summed E-state index contributed by atoms with van der Waals surface area (Å²) in [6.45, 7) is 1.45. The molecule has 0 aromatic heterocycles. The van der Waals surface area contributed by atoms with E-state index in [0.717, 1.165) is 12.1 Å². The first-order chi connectivity index (χ1) is 13.6. The number of carbonyl (C=O) groups excluding carboxylic acids is 1. The van der Waals surface area contributed by atoms with E-state index in [9.17, 15) is 4.79 Å². The van der Waals surface area contributed by atoms with Crippen LogP contribution in [0.1, 0.15) is 48.8 Å². The predicted molar refractivity (Wildman–Crippen MR) is 115 cm³/mol. The van der Waals surface area contributed by atoms with E-state index in [-0.39, 0.29) is 5.91 Å². The van der Waals surface area contributed by atoms with Gasteiger partial charge in [0.15, 0.2) is 0 Å². The van der Waals surface area contributed by atoms with Gasteiger partial charge in [-0.2, -0.15) is 0 Å². The van der Waals surface area contributed by atoms with Crippen LogP contribution in [0.4, 0.5) is 0 Å². The summed E-state index contributed by atoms with van der Waals surface area (Å²) in [7, 11) is 2.22. The summed E-state index contributed by atoms with van der Waals surface area (Å²) >= 11 is 0. The Labute approximate surface area is 169 Å². The lowest BCUT2D eigenvalue weighted by Crippen LogP contribution is -2.41. The average molecular weight is 380 g/mol. The molecule has 2 aromatic carbocycles. The first-order valence-electron chi connectivity index (χ1n) is 10.5. The van der Waals surface area contributed by atoms with Crippen molar-refractivity contribution in [1.82, 2.24) is 10.2 Å². The second-order valence-corrected chi connectivity index (χ2v) is 7.99. The number of rotatable bonds is 8. The van der Waals surface area contributed by atoms with Crippen molar-refractivity contribution >= 4 is 5.91 Å². The third kappa shape index (κ3) is 5.91. The summed E-state index contributed by atoms with van der Waals surface area (Å²) in [4.78, 5) is 14.9. The van der Waals surface area contributed by atoms with E-state index in [1.54, 1.807) is 0 Å². The van der Waals surface area contributed by atoms with Gasteiger partial charge in [0.25, 0.3) is 0 Å². The van der Waals surface area contributed by atoms with Crippen molar-refractivity contribution in [3.63, 3.8) is 0 Å². The van der Waals surface area contributed by atoms with Crippen molar-refractivity contribution in [2.45, 2.75) is 63.7 Å². The zero-order chi connectivity index (χ0) is 19.8. The zero-order valence-electron chi connectivity index (χ0n) is 16.9. The Kier molecular flexibility index (Phi) is 7.63. The topological polar surface area (TPSA) is 58.4 Å². The summed E-state index contributed by atoms with van der Waals surface area (Å²) in [5, 5.41) is 3.03.